The molecule has 100 valence electrons. The van der Waals surface area contributed by atoms with Crippen molar-refractivity contribution in [3.63, 3.8) is 0 Å². The van der Waals surface area contributed by atoms with Gasteiger partial charge in [-0.3, -0.25) is 0 Å². The third-order valence-electron chi connectivity index (χ3n) is 3.34. The van der Waals surface area contributed by atoms with Gasteiger partial charge in [-0.1, -0.05) is 17.7 Å². The van der Waals surface area contributed by atoms with Crippen molar-refractivity contribution in [2.45, 2.75) is 43.2 Å². The molecule has 1 aromatic rings. The van der Waals surface area contributed by atoms with Crippen molar-refractivity contribution >= 4 is 21.6 Å². The summed E-state index contributed by atoms with van der Waals surface area (Å²) in [6, 6.07) is 4.36. The second kappa shape index (κ2) is 4.81. The van der Waals surface area contributed by atoms with Gasteiger partial charge in [0.2, 0.25) is 10.0 Å². The molecule has 1 saturated carbocycles. The number of hydrogen-bond acceptors (Lipinski definition) is 3. The van der Waals surface area contributed by atoms with Gasteiger partial charge in [0.25, 0.3) is 0 Å². The van der Waals surface area contributed by atoms with Crippen LogP contribution in [0.4, 0.5) is 0 Å². The molecular weight excluding hydrogens is 274 g/mol. The number of aliphatic hydroxyl groups is 1. The lowest BCUT2D eigenvalue weighted by Crippen LogP contribution is -2.50. The molecule has 0 unspecified atom stereocenters. The summed E-state index contributed by atoms with van der Waals surface area (Å²) >= 11 is 5.90. The normalized spacial score (nSPS) is 18.4. The zero-order valence-electron chi connectivity index (χ0n) is 10.1. The monoisotopic (exact) mass is 289 g/mol. The van der Waals surface area contributed by atoms with Crippen molar-refractivity contribution in [2.24, 2.45) is 0 Å². The van der Waals surface area contributed by atoms with E-state index in [1.807, 2.05) is 6.92 Å². The zero-order chi connectivity index (χ0) is 13.4. The molecule has 0 saturated heterocycles. The molecule has 1 aliphatic carbocycles. The van der Waals surface area contributed by atoms with Crippen LogP contribution in [0.25, 0.3) is 0 Å². The lowest BCUT2D eigenvalue weighted by Gasteiger charge is -2.38. The van der Waals surface area contributed by atoms with Gasteiger partial charge in [-0.05, 0) is 43.9 Å². The van der Waals surface area contributed by atoms with E-state index < -0.39 is 10.0 Å². The Morgan fingerprint density at radius 3 is 2.56 bits per heavy atom. The van der Waals surface area contributed by atoms with Crippen molar-refractivity contribution in [2.75, 3.05) is 0 Å². The first-order valence-corrected chi connectivity index (χ1v) is 7.66. The minimum absolute atomic E-state index is 0.137. The highest BCUT2D eigenvalue weighted by atomic mass is 35.5. The van der Waals surface area contributed by atoms with Gasteiger partial charge in [0.1, 0.15) is 0 Å². The summed E-state index contributed by atoms with van der Waals surface area (Å²) in [6.07, 6.45) is 2.76. The van der Waals surface area contributed by atoms with E-state index >= 15 is 0 Å². The Kier molecular flexibility index (Phi) is 3.69. The molecule has 2 N–H and O–H groups in total. The highest BCUT2D eigenvalue weighted by Gasteiger charge is 2.36. The van der Waals surface area contributed by atoms with Gasteiger partial charge in [-0.15, -0.1) is 0 Å². The van der Waals surface area contributed by atoms with Crippen LogP contribution < -0.4 is 4.72 Å². The fraction of sp³-hybridized carbons (Fsp3) is 0.500. The van der Waals surface area contributed by atoms with Crippen LogP contribution in [0.15, 0.2) is 23.1 Å². The van der Waals surface area contributed by atoms with E-state index in [-0.39, 0.29) is 22.1 Å². The Hall–Kier alpha value is -0.620. The predicted octanol–water partition coefficient (Wildman–Crippen LogP) is 2.05. The smallest absolute Gasteiger partial charge is 0.241 e. The quantitative estimate of drug-likeness (QED) is 0.891. The summed E-state index contributed by atoms with van der Waals surface area (Å²) in [5.74, 6) is 0. The molecule has 0 bridgehead atoms. The van der Waals surface area contributed by atoms with Crippen LogP contribution in [0.2, 0.25) is 5.02 Å². The highest BCUT2D eigenvalue weighted by molar-refractivity contribution is 7.89. The van der Waals surface area contributed by atoms with Gasteiger partial charge >= 0.3 is 0 Å². The second-order valence-corrected chi connectivity index (χ2v) is 7.02. The molecule has 6 heteroatoms. The summed E-state index contributed by atoms with van der Waals surface area (Å²) in [4.78, 5) is 0.137. The number of benzene rings is 1. The van der Waals surface area contributed by atoms with Gasteiger partial charge < -0.3 is 5.11 Å². The highest BCUT2D eigenvalue weighted by Crippen LogP contribution is 2.33. The first-order chi connectivity index (χ1) is 8.36. The van der Waals surface area contributed by atoms with Gasteiger partial charge in [-0.25, -0.2) is 13.1 Å². The van der Waals surface area contributed by atoms with E-state index in [0.29, 0.717) is 5.56 Å². The predicted molar refractivity (Wildman–Crippen MR) is 70.0 cm³/mol. The Bertz CT molecular complexity index is 552. The third-order valence-corrected chi connectivity index (χ3v) is 5.33. The first kappa shape index (κ1) is 13.8. The topological polar surface area (TPSA) is 66.4 Å². The largest absolute Gasteiger partial charge is 0.392 e. The Morgan fingerprint density at radius 2 is 2.11 bits per heavy atom. The van der Waals surface area contributed by atoms with Crippen LogP contribution in [0.5, 0.6) is 0 Å². The van der Waals surface area contributed by atoms with Gasteiger partial charge in [0.15, 0.2) is 0 Å². The molecule has 2 rings (SSSR count). The van der Waals surface area contributed by atoms with E-state index in [1.54, 1.807) is 0 Å². The maximum absolute atomic E-state index is 12.2. The Balaban J connectivity index is 2.27. The molecular formula is C12H16ClNO3S. The number of aliphatic hydroxyl groups excluding tert-OH is 1. The van der Waals surface area contributed by atoms with Crippen LogP contribution in [-0.4, -0.2) is 19.1 Å². The van der Waals surface area contributed by atoms with Crippen LogP contribution in [0.1, 0.15) is 31.7 Å². The van der Waals surface area contributed by atoms with E-state index in [9.17, 15) is 8.42 Å². The number of halogens is 1. The standard InChI is InChI=1S/C12H16ClNO3S/c1-12(5-2-6-12)14-18(16,17)10-4-3-9(8-15)11(13)7-10/h3-4,7,14-15H,2,5-6,8H2,1H3. The summed E-state index contributed by atoms with van der Waals surface area (Å²) in [5, 5.41) is 9.26. The molecule has 1 aliphatic rings. The molecule has 0 spiro atoms. The molecule has 0 heterocycles. The maximum atomic E-state index is 12.2. The maximum Gasteiger partial charge on any atom is 0.241 e. The minimum atomic E-state index is -3.54. The molecule has 1 aromatic carbocycles. The van der Waals surface area contributed by atoms with Crippen molar-refractivity contribution in [1.82, 2.24) is 4.72 Å². The van der Waals surface area contributed by atoms with Crippen molar-refractivity contribution < 1.29 is 13.5 Å². The van der Waals surface area contributed by atoms with E-state index in [1.165, 1.54) is 18.2 Å². The van der Waals surface area contributed by atoms with E-state index in [4.69, 9.17) is 16.7 Å². The number of nitrogens with one attached hydrogen (secondary N) is 1. The Morgan fingerprint density at radius 1 is 1.44 bits per heavy atom. The number of sulfonamides is 1. The Labute approximate surface area is 112 Å². The molecule has 0 amide bonds. The van der Waals surface area contributed by atoms with Gasteiger partial charge in [-0.2, -0.15) is 0 Å². The lowest BCUT2D eigenvalue weighted by molar-refractivity contribution is 0.248. The van der Waals surface area contributed by atoms with Gasteiger partial charge in [0, 0.05) is 10.6 Å². The fourth-order valence-corrected chi connectivity index (χ4v) is 3.81. The van der Waals surface area contributed by atoms with Crippen molar-refractivity contribution in [1.29, 1.82) is 0 Å². The summed E-state index contributed by atoms with van der Waals surface area (Å²) < 4.78 is 27.0. The molecule has 18 heavy (non-hydrogen) atoms. The molecule has 0 atom stereocenters. The average Bonchev–Trinajstić information content (AvgIpc) is 2.26. The third kappa shape index (κ3) is 2.69. The van der Waals surface area contributed by atoms with Crippen LogP contribution >= 0.6 is 11.6 Å². The lowest BCUT2D eigenvalue weighted by atomic mass is 9.80. The number of hydrogen-bond donors (Lipinski definition) is 2. The average molecular weight is 290 g/mol. The van der Waals surface area contributed by atoms with Crippen molar-refractivity contribution in [3.8, 4) is 0 Å². The van der Waals surface area contributed by atoms with Crippen LogP contribution in [0.3, 0.4) is 0 Å². The van der Waals surface area contributed by atoms with E-state index in [0.717, 1.165) is 19.3 Å². The second-order valence-electron chi connectivity index (χ2n) is 4.93. The minimum Gasteiger partial charge on any atom is -0.392 e. The molecule has 0 aliphatic heterocycles. The first-order valence-electron chi connectivity index (χ1n) is 5.80. The summed E-state index contributed by atoms with van der Waals surface area (Å²) in [5.41, 5.74) is 0.187. The van der Waals surface area contributed by atoms with Crippen LogP contribution in [0, 0.1) is 0 Å². The molecule has 0 radical (unpaired) electrons. The molecule has 0 aromatic heterocycles. The van der Waals surface area contributed by atoms with Gasteiger partial charge in [0.05, 0.1) is 11.5 Å². The SMILES string of the molecule is CC1(NS(=O)(=O)c2ccc(CO)c(Cl)c2)CCC1. The fourth-order valence-electron chi connectivity index (χ4n) is 2.02. The summed E-state index contributed by atoms with van der Waals surface area (Å²) in [6.45, 7) is 1.70. The molecule has 4 nitrogen and oxygen atoms in total. The van der Waals surface area contributed by atoms with Crippen LogP contribution in [-0.2, 0) is 16.6 Å². The number of rotatable bonds is 4. The van der Waals surface area contributed by atoms with Crippen molar-refractivity contribution in [3.05, 3.63) is 28.8 Å². The zero-order valence-corrected chi connectivity index (χ0v) is 11.7. The molecule has 1 fully saturated rings. The summed E-state index contributed by atoms with van der Waals surface area (Å²) in [7, 11) is -3.54. The van der Waals surface area contributed by atoms with E-state index in [2.05, 4.69) is 4.72 Å².